The molecule has 0 saturated heterocycles. The number of nitrogens with one attached hydrogen (secondary N) is 1. The minimum atomic E-state index is -0.525. The number of carbonyl (C=O) groups is 2. The van der Waals surface area contributed by atoms with Crippen molar-refractivity contribution in [1.82, 2.24) is 14.4 Å². The molecule has 1 aromatic heterocycles. The largest absolute Gasteiger partial charge is 0.382 e. The normalized spacial score (nSPS) is 10.9. The number of unbranched alkanes of at least 4 members (excludes halogenated alkanes) is 1. The first-order valence-corrected chi connectivity index (χ1v) is 14.2. The van der Waals surface area contributed by atoms with Crippen LogP contribution in [0.5, 0.6) is 0 Å². The fourth-order valence-electron chi connectivity index (χ4n) is 4.14. The van der Waals surface area contributed by atoms with Gasteiger partial charge in [0.2, 0.25) is 5.91 Å². The summed E-state index contributed by atoms with van der Waals surface area (Å²) in [4.78, 5) is 30.0. The van der Waals surface area contributed by atoms with Crippen LogP contribution in [-0.2, 0) is 22.6 Å². The van der Waals surface area contributed by atoms with Crippen LogP contribution in [0.25, 0.3) is 0 Å². The predicted molar refractivity (Wildman–Crippen MR) is 156 cm³/mol. The molecule has 0 spiro atoms. The molecule has 0 fully saturated rings. The lowest BCUT2D eigenvalue weighted by Gasteiger charge is -2.28. The lowest BCUT2D eigenvalue weighted by molar-refractivity contribution is -0.132. The average Bonchev–Trinajstić information content (AvgIpc) is 3.37. The zero-order chi connectivity index (χ0) is 28.0. The Hall–Kier alpha value is -3.17. The van der Waals surface area contributed by atoms with E-state index in [9.17, 15) is 14.0 Å². The van der Waals surface area contributed by atoms with Crippen molar-refractivity contribution in [2.24, 2.45) is 0 Å². The van der Waals surface area contributed by atoms with Gasteiger partial charge in [0.1, 0.15) is 12.4 Å². The van der Waals surface area contributed by atoms with Crippen molar-refractivity contribution in [3.8, 4) is 0 Å². The molecule has 0 bridgehead atoms. The minimum absolute atomic E-state index is 0.0818. The van der Waals surface area contributed by atoms with Crippen molar-refractivity contribution in [2.45, 2.75) is 46.2 Å². The van der Waals surface area contributed by atoms with Crippen molar-refractivity contribution in [2.75, 3.05) is 38.2 Å². The van der Waals surface area contributed by atoms with Crippen molar-refractivity contribution >= 4 is 33.6 Å². The Bertz CT molecular complexity index is 1180. The monoisotopic (exact) mass is 600 g/mol. The van der Waals surface area contributed by atoms with E-state index in [0.29, 0.717) is 45.8 Å². The molecule has 3 rings (SSSR count). The molecule has 3 aromatic rings. The SMILES string of the molecule is CCCCN(Cc1cccn1Cc1ccc(Br)cc1)C(=O)CN(CCCOCC)C(=O)Nc1ccccc1F. The zero-order valence-electron chi connectivity index (χ0n) is 22.7. The molecule has 0 aliphatic rings. The maximum Gasteiger partial charge on any atom is 0.322 e. The summed E-state index contributed by atoms with van der Waals surface area (Å²) in [7, 11) is 0. The second-order valence-corrected chi connectivity index (χ2v) is 10.2. The number of hydrogen-bond acceptors (Lipinski definition) is 3. The molecule has 3 amide bonds. The molecule has 0 aliphatic carbocycles. The Morgan fingerprint density at radius 2 is 1.72 bits per heavy atom. The molecule has 210 valence electrons. The molecule has 0 radical (unpaired) electrons. The summed E-state index contributed by atoms with van der Waals surface area (Å²) < 4.78 is 22.8. The Labute approximate surface area is 239 Å². The highest BCUT2D eigenvalue weighted by Crippen LogP contribution is 2.16. The van der Waals surface area contributed by atoms with Gasteiger partial charge in [0.25, 0.3) is 0 Å². The van der Waals surface area contributed by atoms with E-state index in [1.165, 1.54) is 17.0 Å². The summed E-state index contributed by atoms with van der Waals surface area (Å²) in [5, 5.41) is 2.62. The van der Waals surface area contributed by atoms with E-state index in [-0.39, 0.29) is 18.1 Å². The third kappa shape index (κ3) is 9.82. The Morgan fingerprint density at radius 1 is 0.974 bits per heavy atom. The van der Waals surface area contributed by atoms with Crippen molar-refractivity contribution in [1.29, 1.82) is 0 Å². The van der Waals surface area contributed by atoms with Crippen LogP contribution in [0.2, 0.25) is 0 Å². The number of benzene rings is 2. The lowest BCUT2D eigenvalue weighted by Crippen LogP contribution is -2.45. The topological polar surface area (TPSA) is 66.8 Å². The molecule has 1 heterocycles. The van der Waals surface area contributed by atoms with Gasteiger partial charge in [0.05, 0.1) is 12.2 Å². The maximum atomic E-state index is 14.2. The number of nitrogens with zero attached hydrogens (tertiary/aromatic N) is 3. The predicted octanol–water partition coefficient (Wildman–Crippen LogP) is 6.53. The standard InChI is InChI=1S/C30H38BrFN4O3/c1-3-5-17-35(22-26-10-8-18-34(26)21-24-13-15-25(31)16-14-24)29(37)23-36(19-9-20-39-4-2)30(38)33-28-12-7-6-11-27(28)32/h6-8,10-16,18H,3-5,9,17,19-23H2,1-2H3,(H,33,38). The number of rotatable bonds is 15. The number of ether oxygens (including phenoxy) is 1. The number of anilines is 1. The van der Waals surface area contributed by atoms with E-state index < -0.39 is 11.8 Å². The van der Waals surface area contributed by atoms with E-state index in [1.807, 2.05) is 42.3 Å². The Balaban J connectivity index is 1.73. The van der Waals surface area contributed by atoms with Crippen LogP contribution in [0.3, 0.4) is 0 Å². The molecule has 9 heteroatoms. The summed E-state index contributed by atoms with van der Waals surface area (Å²) >= 11 is 3.48. The second-order valence-electron chi connectivity index (χ2n) is 9.30. The fraction of sp³-hybridized carbons (Fsp3) is 0.400. The van der Waals surface area contributed by atoms with E-state index in [4.69, 9.17) is 4.74 Å². The van der Waals surface area contributed by atoms with Crippen LogP contribution in [0.15, 0.2) is 71.3 Å². The minimum Gasteiger partial charge on any atom is -0.382 e. The molecule has 0 saturated carbocycles. The first-order chi connectivity index (χ1) is 18.9. The van der Waals surface area contributed by atoms with Crippen molar-refractivity contribution in [3.05, 3.63) is 88.4 Å². The number of carbonyl (C=O) groups excluding carboxylic acids is 2. The average molecular weight is 602 g/mol. The van der Waals surface area contributed by atoms with Crippen LogP contribution in [0.4, 0.5) is 14.9 Å². The van der Waals surface area contributed by atoms with Gasteiger partial charge < -0.3 is 24.4 Å². The van der Waals surface area contributed by atoms with Crippen molar-refractivity contribution in [3.63, 3.8) is 0 Å². The Morgan fingerprint density at radius 3 is 2.44 bits per heavy atom. The molecular weight excluding hydrogens is 563 g/mol. The number of aromatic nitrogens is 1. The molecule has 2 aromatic carbocycles. The molecule has 39 heavy (non-hydrogen) atoms. The van der Waals surface area contributed by atoms with Gasteiger partial charge in [-0.2, -0.15) is 0 Å². The third-order valence-corrected chi connectivity index (χ3v) is 6.86. The third-order valence-electron chi connectivity index (χ3n) is 6.33. The summed E-state index contributed by atoms with van der Waals surface area (Å²) in [5.41, 5.74) is 2.26. The van der Waals surface area contributed by atoms with Gasteiger partial charge >= 0.3 is 6.03 Å². The second kappa shape index (κ2) is 16.1. The first-order valence-electron chi connectivity index (χ1n) is 13.5. The van der Waals surface area contributed by atoms with E-state index in [2.05, 4.69) is 44.9 Å². The van der Waals surface area contributed by atoms with Gasteiger partial charge in [-0.1, -0.05) is 53.5 Å². The number of amides is 3. The van der Waals surface area contributed by atoms with Crippen molar-refractivity contribution < 1.29 is 18.7 Å². The van der Waals surface area contributed by atoms with Gasteiger partial charge in [0, 0.05) is 49.2 Å². The van der Waals surface area contributed by atoms with Gasteiger partial charge in [-0.05, 0) is 61.7 Å². The summed E-state index contributed by atoms with van der Waals surface area (Å²) in [6.07, 6.45) is 4.37. The van der Waals surface area contributed by atoms with Crippen LogP contribution in [0.1, 0.15) is 44.4 Å². The molecule has 0 aliphatic heterocycles. The highest BCUT2D eigenvalue weighted by Gasteiger charge is 2.23. The molecule has 0 unspecified atom stereocenters. The fourth-order valence-corrected chi connectivity index (χ4v) is 4.41. The summed E-state index contributed by atoms with van der Waals surface area (Å²) in [5.74, 6) is -0.678. The maximum absolute atomic E-state index is 14.2. The smallest absolute Gasteiger partial charge is 0.322 e. The van der Waals surface area contributed by atoms with Crippen LogP contribution >= 0.6 is 15.9 Å². The van der Waals surface area contributed by atoms with Gasteiger partial charge in [-0.3, -0.25) is 4.79 Å². The molecule has 7 nitrogen and oxygen atoms in total. The summed E-state index contributed by atoms with van der Waals surface area (Å²) in [6, 6.07) is 17.7. The highest BCUT2D eigenvalue weighted by molar-refractivity contribution is 9.10. The number of para-hydroxylation sites is 1. The van der Waals surface area contributed by atoms with Gasteiger partial charge in [-0.25, -0.2) is 9.18 Å². The molecule has 1 N–H and O–H groups in total. The lowest BCUT2D eigenvalue weighted by atomic mass is 10.2. The van der Waals surface area contributed by atoms with Crippen LogP contribution in [0, 0.1) is 5.82 Å². The first kappa shape index (κ1) is 30.4. The van der Waals surface area contributed by atoms with E-state index in [1.54, 1.807) is 12.1 Å². The van der Waals surface area contributed by atoms with Crippen LogP contribution < -0.4 is 5.32 Å². The number of hydrogen-bond donors (Lipinski definition) is 1. The highest BCUT2D eigenvalue weighted by atomic mass is 79.9. The van der Waals surface area contributed by atoms with Crippen LogP contribution in [-0.4, -0.2) is 59.2 Å². The van der Waals surface area contributed by atoms with Gasteiger partial charge in [-0.15, -0.1) is 0 Å². The number of urea groups is 1. The molecular formula is C30H38BrFN4O3. The zero-order valence-corrected chi connectivity index (χ0v) is 24.3. The molecule has 0 atom stereocenters. The van der Waals surface area contributed by atoms with E-state index >= 15 is 0 Å². The number of halogens is 2. The van der Waals surface area contributed by atoms with Gasteiger partial charge in [0.15, 0.2) is 0 Å². The quantitative estimate of drug-likeness (QED) is 0.202. The Kier molecular flexibility index (Phi) is 12.5. The summed E-state index contributed by atoms with van der Waals surface area (Å²) in [6.45, 7) is 6.95. The van der Waals surface area contributed by atoms with E-state index in [0.717, 1.165) is 28.6 Å².